The van der Waals surface area contributed by atoms with Crippen molar-refractivity contribution in [2.75, 3.05) is 6.54 Å². The quantitative estimate of drug-likeness (QED) is 0.848. The van der Waals surface area contributed by atoms with E-state index in [0.29, 0.717) is 5.56 Å². The molecular weight excluding hydrogens is 280 g/mol. The fraction of sp³-hybridized carbons (Fsp3) is 0.400. The van der Waals surface area contributed by atoms with Crippen molar-refractivity contribution in [3.63, 3.8) is 0 Å². The molecule has 114 valence electrons. The molecule has 0 bridgehead atoms. The third-order valence-electron chi connectivity index (χ3n) is 3.28. The summed E-state index contributed by atoms with van der Waals surface area (Å²) in [4.78, 5) is 11.8. The summed E-state index contributed by atoms with van der Waals surface area (Å²) >= 11 is 0. The van der Waals surface area contributed by atoms with Gasteiger partial charge in [-0.1, -0.05) is 18.2 Å². The van der Waals surface area contributed by atoms with Crippen LogP contribution in [0.5, 0.6) is 5.75 Å². The molecule has 1 aromatic rings. The molecule has 0 aliphatic heterocycles. The van der Waals surface area contributed by atoms with Crippen LogP contribution in [0.1, 0.15) is 30.9 Å². The van der Waals surface area contributed by atoms with Gasteiger partial charge in [-0.3, -0.25) is 4.79 Å². The standard InChI is InChI=1S/C15H17F2NO3/c16-15(17)21-12-7-5-10(6-8-12)13(19)9-18-14(20)11-3-1-2-4-11/h3,5-8,13,15,19H,1-2,4,9H2,(H,18,20). The molecule has 0 aromatic heterocycles. The van der Waals surface area contributed by atoms with Crippen LogP contribution in [-0.4, -0.2) is 24.2 Å². The number of carbonyl (C=O) groups excluding carboxylic acids is 1. The SMILES string of the molecule is O=C(NCC(O)c1ccc(OC(F)F)cc1)C1=CCCC1. The van der Waals surface area contributed by atoms with Gasteiger partial charge in [-0.15, -0.1) is 0 Å². The monoisotopic (exact) mass is 297 g/mol. The summed E-state index contributed by atoms with van der Waals surface area (Å²) in [6, 6.07) is 5.69. The van der Waals surface area contributed by atoms with Crippen molar-refractivity contribution in [3.8, 4) is 5.75 Å². The summed E-state index contributed by atoms with van der Waals surface area (Å²) < 4.78 is 28.2. The maximum atomic E-state index is 12.0. The van der Waals surface area contributed by atoms with Crippen molar-refractivity contribution in [1.29, 1.82) is 0 Å². The van der Waals surface area contributed by atoms with Crippen molar-refractivity contribution < 1.29 is 23.4 Å². The van der Waals surface area contributed by atoms with E-state index in [1.54, 1.807) is 0 Å². The van der Waals surface area contributed by atoms with Crippen LogP contribution in [0, 0.1) is 0 Å². The van der Waals surface area contributed by atoms with Gasteiger partial charge in [-0.2, -0.15) is 8.78 Å². The molecule has 1 aromatic carbocycles. The Hall–Kier alpha value is -1.95. The summed E-state index contributed by atoms with van der Waals surface area (Å²) in [6.45, 7) is -2.80. The number of allylic oxidation sites excluding steroid dienone is 1. The third kappa shape index (κ3) is 4.53. The molecular formula is C15H17F2NO3. The first-order valence-electron chi connectivity index (χ1n) is 6.76. The highest BCUT2D eigenvalue weighted by Crippen LogP contribution is 2.20. The minimum atomic E-state index is -2.88. The van der Waals surface area contributed by atoms with Gasteiger partial charge >= 0.3 is 6.61 Å². The molecule has 0 radical (unpaired) electrons. The predicted octanol–water partition coefficient (Wildman–Crippen LogP) is 2.55. The molecule has 2 rings (SSSR count). The summed E-state index contributed by atoms with van der Waals surface area (Å²) in [7, 11) is 0. The van der Waals surface area contributed by atoms with Crippen molar-refractivity contribution in [2.45, 2.75) is 32.0 Å². The minimum absolute atomic E-state index is 0.0288. The molecule has 1 unspecified atom stereocenters. The normalized spacial score (nSPS) is 15.7. The number of rotatable bonds is 6. The maximum absolute atomic E-state index is 12.0. The zero-order valence-electron chi connectivity index (χ0n) is 11.4. The molecule has 0 heterocycles. The van der Waals surface area contributed by atoms with Crippen LogP contribution in [-0.2, 0) is 4.79 Å². The first-order valence-corrected chi connectivity index (χ1v) is 6.76. The molecule has 0 saturated carbocycles. The highest BCUT2D eigenvalue weighted by molar-refractivity contribution is 5.93. The number of carbonyl (C=O) groups is 1. The lowest BCUT2D eigenvalue weighted by Gasteiger charge is -2.13. The Morgan fingerprint density at radius 3 is 2.62 bits per heavy atom. The Balaban J connectivity index is 1.85. The van der Waals surface area contributed by atoms with Gasteiger partial charge in [-0.25, -0.2) is 0 Å². The zero-order chi connectivity index (χ0) is 15.2. The molecule has 4 nitrogen and oxygen atoms in total. The van der Waals surface area contributed by atoms with Crippen molar-refractivity contribution in [3.05, 3.63) is 41.5 Å². The lowest BCUT2D eigenvalue weighted by Crippen LogP contribution is -2.29. The summed E-state index contributed by atoms with van der Waals surface area (Å²) in [5.74, 6) is -0.134. The van der Waals surface area contributed by atoms with Crippen LogP contribution in [0.15, 0.2) is 35.9 Å². The predicted molar refractivity (Wildman–Crippen MR) is 73.0 cm³/mol. The molecule has 0 spiro atoms. The number of alkyl halides is 2. The number of benzene rings is 1. The molecule has 1 amide bonds. The Bertz CT molecular complexity index is 514. The average molecular weight is 297 g/mol. The minimum Gasteiger partial charge on any atom is -0.435 e. The van der Waals surface area contributed by atoms with Gasteiger partial charge in [0.2, 0.25) is 5.91 Å². The fourth-order valence-corrected chi connectivity index (χ4v) is 2.17. The van der Waals surface area contributed by atoms with Crippen LogP contribution >= 0.6 is 0 Å². The Morgan fingerprint density at radius 1 is 1.33 bits per heavy atom. The number of hydrogen-bond acceptors (Lipinski definition) is 3. The van der Waals surface area contributed by atoms with E-state index in [1.165, 1.54) is 24.3 Å². The average Bonchev–Trinajstić information content (AvgIpc) is 2.99. The third-order valence-corrected chi connectivity index (χ3v) is 3.28. The molecule has 1 aliphatic carbocycles. The Labute approximate surface area is 121 Å². The van der Waals surface area contributed by atoms with Gasteiger partial charge in [0.1, 0.15) is 5.75 Å². The summed E-state index contributed by atoms with van der Waals surface area (Å²) in [5, 5.41) is 12.6. The van der Waals surface area contributed by atoms with Gasteiger partial charge in [0, 0.05) is 12.1 Å². The zero-order valence-corrected chi connectivity index (χ0v) is 11.4. The van der Waals surface area contributed by atoms with E-state index < -0.39 is 12.7 Å². The van der Waals surface area contributed by atoms with Crippen LogP contribution in [0.2, 0.25) is 0 Å². The molecule has 0 saturated heterocycles. The van der Waals surface area contributed by atoms with Gasteiger partial charge in [-0.05, 0) is 37.0 Å². The first kappa shape index (κ1) is 15.4. The lowest BCUT2D eigenvalue weighted by atomic mass is 10.1. The highest BCUT2D eigenvalue weighted by Gasteiger charge is 2.15. The largest absolute Gasteiger partial charge is 0.435 e. The van der Waals surface area contributed by atoms with Crippen LogP contribution < -0.4 is 10.1 Å². The molecule has 21 heavy (non-hydrogen) atoms. The molecule has 1 atom stereocenters. The van der Waals surface area contributed by atoms with E-state index in [4.69, 9.17) is 0 Å². The Morgan fingerprint density at radius 2 is 2.05 bits per heavy atom. The van der Waals surface area contributed by atoms with Gasteiger partial charge in [0.05, 0.1) is 6.10 Å². The van der Waals surface area contributed by atoms with E-state index in [-0.39, 0.29) is 18.2 Å². The number of aliphatic hydroxyl groups is 1. The van der Waals surface area contributed by atoms with E-state index in [9.17, 15) is 18.7 Å². The number of amides is 1. The second kappa shape index (κ2) is 7.17. The van der Waals surface area contributed by atoms with Gasteiger partial charge < -0.3 is 15.2 Å². The number of hydrogen-bond donors (Lipinski definition) is 2. The van der Waals surface area contributed by atoms with E-state index in [1.807, 2.05) is 6.08 Å². The molecule has 0 fully saturated rings. The number of ether oxygens (including phenoxy) is 1. The van der Waals surface area contributed by atoms with Crippen LogP contribution in [0.3, 0.4) is 0 Å². The summed E-state index contributed by atoms with van der Waals surface area (Å²) in [6.07, 6.45) is 3.67. The molecule has 2 N–H and O–H groups in total. The maximum Gasteiger partial charge on any atom is 0.387 e. The number of nitrogens with one attached hydrogen (secondary N) is 1. The Kier molecular flexibility index (Phi) is 5.27. The topological polar surface area (TPSA) is 58.6 Å². The van der Waals surface area contributed by atoms with E-state index in [2.05, 4.69) is 10.1 Å². The van der Waals surface area contributed by atoms with Crippen molar-refractivity contribution >= 4 is 5.91 Å². The summed E-state index contributed by atoms with van der Waals surface area (Å²) in [5.41, 5.74) is 1.28. The molecule has 6 heteroatoms. The van der Waals surface area contributed by atoms with Crippen molar-refractivity contribution in [1.82, 2.24) is 5.32 Å². The second-order valence-corrected chi connectivity index (χ2v) is 4.79. The van der Waals surface area contributed by atoms with E-state index in [0.717, 1.165) is 24.8 Å². The van der Waals surface area contributed by atoms with E-state index >= 15 is 0 Å². The smallest absolute Gasteiger partial charge is 0.387 e. The van der Waals surface area contributed by atoms with Crippen molar-refractivity contribution in [2.24, 2.45) is 0 Å². The van der Waals surface area contributed by atoms with Gasteiger partial charge in [0.15, 0.2) is 0 Å². The van der Waals surface area contributed by atoms with Crippen LogP contribution in [0.25, 0.3) is 0 Å². The number of aliphatic hydroxyl groups excluding tert-OH is 1. The van der Waals surface area contributed by atoms with Gasteiger partial charge in [0.25, 0.3) is 0 Å². The number of halogens is 2. The van der Waals surface area contributed by atoms with Crippen LogP contribution in [0.4, 0.5) is 8.78 Å². The molecule has 1 aliphatic rings. The highest BCUT2D eigenvalue weighted by atomic mass is 19.3. The second-order valence-electron chi connectivity index (χ2n) is 4.79. The lowest BCUT2D eigenvalue weighted by molar-refractivity contribution is -0.118. The fourth-order valence-electron chi connectivity index (χ4n) is 2.17. The first-order chi connectivity index (χ1) is 10.1.